The number of nitrogens with zero attached hydrogens (tertiary/aromatic N) is 1. The van der Waals surface area contributed by atoms with Gasteiger partial charge in [-0.3, -0.25) is 10.1 Å². The normalized spacial score (nSPS) is 12.4. The van der Waals surface area contributed by atoms with E-state index in [1.807, 2.05) is 13.0 Å². The van der Waals surface area contributed by atoms with Crippen LogP contribution >= 0.6 is 0 Å². The van der Waals surface area contributed by atoms with E-state index in [1.165, 1.54) is 6.07 Å². The SMILES string of the molecule is C[C@@H](CN)Cc1cccc([N+](=O)[O-])c1. The molecule has 0 unspecified atom stereocenters. The Balaban J connectivity index is 2.78. The lowest BCUT2D eigenvalue weighted by Gasteiger charge is -2.07. The molecule has 1 atom stereocenters. The number of nitro benzene ring substituents is 1. The van der Waals surface area contributed by atoms with Crippen LogP contribution in [0.5, 0.6) is 0 Å². The molecular weight excluding hydrogens is 180 g/mol. The van der Waals surface area contributed by atoms with Gasteiger partial charge >= 0.3 is 0 Å². The second-order valence-electron chi connectivity index (χ2n) is 3.47. The van der Waals surface area contributed by atoms with Crippen LogP contribution in [0.1, 0.15) is 12.5 Å². The molecule has 1 aromatic rings. The van der Waals surface area contributed by atoms with Crippen molar-refractivity contribution < 1.29 is 4.92 Å². The molecule has 0 aliphatic rings. The summed E-state index contributed by atoms with van der Waals surface area (Å²) in [5, 5.41) is 10.5. The number of benzene rings is 1. The lowest BCUT2D eigenvalue weighted by Crippen LogP contribution is -2.13. The minimum absolute atomic E-state index is 0.145. The molecule has 2 N–H and O–H groups in total. The monoisotopic (exact) mass is 194 g/mol. The van der Waals surface area contributed by atoms with Gasteiger partial charge in [0.05, 0.1) is 4.92 Å². The van der Waals surface area contributed by atoms with Crippen LogP contribution in [0.4, 0.5) is 5.69 Å². The van der Waals surface area contributed by atoms with Gasteiger partial charge in [0, 0.05) is 12.1 Å². The smallest absolute Gasteiger partial charge is 0.269 e. The number of nitrogens with two attached hydrogens (primary N) is 1. The molecule has 0 saturated heterocycles. The Bertz CT molecular complexity index is 326. The Labute approximate surface area is 82.9 Å². The molecule has 0 amide bonds. The van der Waals surface area contributed by atoms with Crippen molar-refractivity contribution in [3.05, 3.63) is 39.9 Å². The molecule has 1 aromatic carbocycles. The van der Waals surface area contributed by atoms with Crippen molar-refractivity contribution in [1.82, 2.24) is 0 Å². The molecule has 0 aliphatic heterocycles. The summed E-state index contributed by atoms with van der Waals surface area (Å²) in [5.41, 5.74) is 6.60. The fraction of sp³-hybridized carbons (Fsp3) is 0.400. The third kappa shape index (κ3) is 2.81. The summed E-state index contributed by atoms with van der Waals surface area (Å²) in [6, 6.07) is 6.69. The van der Waals surface area contributed by atoms with Gasteiger partial charge in [0.15, 0.2) is 0 Å². The van der Waals surface area contributed by atoms with Crippen LogP contribution in [-0.2, 0) is 6.42 Å². The van der Waals surface area contributed by atoms with Gasteiger partial charge in [0.2, 0.25) is 0 Å². The molecule has 14 heavy (non-hydrogen) atoms. The highest BCUT2D eigenvalue weighted by Crippen LogP contribution is 2.15. The highest BCUT2D eigenvalue weighted by atomic mass is 16.6. The van der Waals surface area contributed by atoms with E-state index in [4.69, 9.17) is 5.73 Å². The second kappa shape index (κ2) is 4.72. The Morgan fingerprint density at radius 1 is 1.57 bits per heavy atom. The summed E-state index contributed by atoms with van der Waals surface area (Å²) >= 11 is 0. The molecule has 0 saturated carbocycles. The maximum atomic E-state index is 10.5. The largest absolute Gasteiger partial charge is 0.330 e. The van der Waals surface area contributed by atoms with Crippen LogP contribution < -0.4 is 5.73 Å². The van der Waals surface area contributed by atoms with Crippen LogP contribution in [-0.4, -0.2) is 11.5 Å². The van der Waals surface area contributed by atoms with Gasteiger partial charge in [-0.15, -0.1) is 0 Å². The van der Waals surface area contributed by atoms with E-state index in [0.29, 0.717) is 12.5 Å². The topological polar surface area (TPSA) is 69.2 Å². The standard InChI is InChI=1S/C10H14N2O2/c1-8(7-11)5-9-3-2-4-10(6-9)12(13)14/h2-4,6,8H,5,7,11H2,1H3/t8-/m1/s1. The van der Waals surface area contributed by atoms with Crippen LogP contribution in [0.15, 0.2) is 24.3 Å². The van der Waals surface area contributed by atoms with Crippen LogP contribution in [0.2, 0.25) is 0 Å². The molecule has 0 fully saturated rings. The number of non-ortho nitro benzene ring substituents is 1. The summed E-state index contributed by atoms with van der Waals surface area (Å²) in [4.78, 5) is 10.1. The maximum Gasteiger partial charge on any atom is 0.269 e. The summed E-state index contributed by atoms with van der Waals surface area (Å²) < 4.78 is 0. The number of hydrogen-bond donors (Lipinski definition) is 1. The third-order valence-corrected chi connectivity index (χ3v) is 2.11. The number of hydrogen-bond acceptors (Lipinski definition) is 3. The van der Waals surface area contributed by atoms with Gasteiger partial charge in [0.25, 0.3) is 5.69 Å². The van der Waals surface area contributed by atoms with Gasteiger partial charge in [-0.1, -0.05) is 19.1 Å². The first-order valence-electron chi connectivity index (χ1n) is 4.57. The molecule has 0 aliphatic carbocycles. The zero-order valence-corrected chi connectivity index (χ0v) is 8.14. The summed E-state index contributed by atoms with van der Waals surface area (Å²) in [6.07, 6.45) is 0.790. The molecule has 0 bridgehead atoms. The Morgan fingerprint density at radius 3 is 2.86 bits per heavy atom. The van der Waals surface area contributed by atoms with E-state index < -0.39 is 0 Å². The van der Waals surface area contributed by atoms with Gasteiger partial charge < -0.3 is 5.73 Å². The minimum atomic E-state index is -0.378. The van der Waals surface area contributed by atoms with Crippen molar-refractivity contribution in [3.63, 3.8) is 0 Å². The summed E-state index contributed by atoms with van der Waals surface area (Å²) in [6.45, 7) is 2.63. The summed E-state index contributed by atoms with van der Waals surface area (Å²) in [7, 11) is 0. The highest BCUT2D eigenvalue weighted by Gasteiger charge is 2.07. The molecule has 0 spiro atoms. The average Bonchev–Trinajstić information content (AvgIpc) is 2.18. The zero-order chi connectivity index (χ0) is 10.6. The van der Waals surface area contributed by atoms with Gasteiger partial charge in [-0.2, -0.15) is 0 Å². The van der Waals surface area contributed by atoms with E-state index in [1.54, 1.807) is 12.1 Å². The van der Waals surface area contributed by atoms with Crippen molar-refractivity contribution >= 4 is 5.69 Å². The number of rotatable bonds is 4. The maximum absolute atomic E-state index is 10.5. The van der Waals surface area contributed by atoms with Crippen LogP contribution in [0.25, 0.3) is 0 Å². The number of nitro groups is 1. The van der Waals surface area contributed by atoms with Crippen molar-refractivity contribution in [2.24, 2.45) is 11.7 Å². The zero-order valence-electron chi connectivity index (χ0n) is 8.14. The Hall–Kier alpha value is -1.42. The first-order chi connectivity index (χ1) is 6.63. The molecule has 0 heterocycles. The molecule has 0 aromatic heterocycles. The lowest BCUT2D eigenvalue weighted by molar-refractivity contribution is -0.384. The van der Waals surface area contributed by atoms with Gasteiger partial charge in [0.1, 0.15) is 0 Å². The van der Waals surface area contributed by atoms with E-state index in [-0.39, 0.29) is 10.6 Å². The first kappa shape index (κ1) is 10.7. The first-order valence-corrected chi connectivity index (χ1v) is 4.57. The van der Waals surface area contributed by atoms with Gasteiger partial charge in [-0.25, -0.2) is 0 Å². The lowest BCUT2D eigenvalue weighted by atomic mass is 10.0. The van der Waals surface area contributed by atoms with Crippen molar-refractivity contribution in [1.29, 1.82) is 0 Å². The fourth-order valence-corrected chi connectivity index (χ4v) is 1.28. The van der Waals surface area contributed by atoms with Crippen LogP contribution in [0.3, 0.4) is 0 Å². The molecule has 4 nitrogen and oxygen atoms in total. The summed E-state index contributed by atoms with van der Waals surface area (Å²) in [5.74, 6) is 0.358. The van der Waals surface area contributed by atoms with Crippen molar-refractivity contribution in [2.75, 3.05) is 6.54 Å². The Kier molecular flexibility index (Phi) is 3.59. The molecule has 4 heteroatoms. The second-order valence-corrected chi connectivity index (χ2v) is 3.47. The third-order valence-electron chi connectivity index (χ3n) is 2.11. The molecule has 0 radical (unpaired) electrons. The van der Waals surface area contributed by atoms with E-state index in [2.05, 4.69) is 0 Å². The molecular formula is C10H14N2O2. The predicted molar refractivity (Wildman–Crippen MR) is 55.0 cm³/mol. The van der Waals surface area contributed by atoms with Crippen molar-refractivity contribution in [2.45, 2.75) is 13.3 Å². The van der Waals surface area contributed by atoms with E-state index >= 15 is 0 Å². The highest BCUT2D eigenvalue weighted by molar-refractivity contribution is 5.34. The predicted octanol–water partition coefficient (Wildman–Crippen LogP) is 1.73. The average molecular weight is 194 g/mol. The molecule has 76 valence electrons. The van der Waals surface area contributed by atoms with Crippen LogP contribution in [0, 0.1) is 16.0 Å². The molecule has 1 rings (SSSR count). The fourth-order valence-electron chi connectivity index (χ4n) is 1.28. The van der Waals surface area contributed by atoms with E-state index in [0.717, 1.165) is 12.0 Å². The minimum Gasteiger partial charge on any atom is -0.330 e. The quantitative estimate of drug-likeness (QED) is 0.586. The van der Waals surface area contributed by atoms with Crippen molar-refractivity contribution in [3.8, 4) is 0 Å². The Morgan fingerprint density at radius 2 is 2.29 bits per heavy atom. The van der Waals surface area contributed by atoms with E-state index in [9.17, 15) is 10.1 Å². The van der Waals surface area contributed by atoms with Gasteiger partial charge in [-0.05, 0) is 24.4 Å².